The summed E-state index contributed by atoms with van der Waals surface area (Å²) in [6, 6.07) is -0.341. The molecule has 0 saturated carbocycles. The van der Waals surface area contributed by atoms with Crippen molar-refractivity contribution in [2.75, 3.05) is 18.6 Å². The Morgan fingerprint density at radius 1 is 1.45 bits per heavy atom. The Morgan fingerprint density at radius 2 is 2.17 bits per heavy atom. The van der Waals surface area contributed by atoms with Gasteiger partial charge < -0.3 is 20.2 Å². The first-order valence-corrected chi connectivity index (χ1v) is 12.1. The van der Waals surface area contributed by atoms with E-state index in [4.69, 9.17) is 5.11 Å². The molecular weight excluding hydrogens is 434 g/mol. The fraction of sp³-hybridized carbons (Fsp3) is 0.500. The van der Waals surface area contributed by atoms with Crippen LogP contribution in [0.5, 0.6) is 0 Å². The average Bonchev–Trinajstić information content (AvgIpc) is 3.28. The number of thiazole rings is 1. The molecule has 4 rings (SSSR count). The molecule has 0 aromatic carbocycles. The van der Waals surface area contributed by atoms with Gasteiger partial charge in [-0.05, 0) is 13.2 Å². The molecule has 11 heteroatoms. The van der Waals surface area contributed by atoms with Crippen LogP contribution < -0.4 is 0 Å². The lowest BCUT2D eigenvalue weighted by atomic mass is 9.77. The molecule has 0 spiro atoms. The number of rotatable bonds is 7. The Hall–Kier alpha value is -1.53. The summed E-state index contributed by atoms with van der Waals surface area (Å²) in [6.45, 7) is 3.53. The molecule has 1 fully saturated rings. The van der Waals surface area contributed by atoms with E-state index in [1.165, 1.54) is 39.8 Å². The molecule has 0 bridgehead atoms. The van der Waals surface area contributed by atoms with Crippen molar-refractivity contribution < 1.29 is 24.9 Å². The van der Waals surface area contributed by atoms with Gasteiger partial charge in [-0.25, -0.2) is 9.78 Å². The minimum Gasteiger partial charge on any atom is -0.477 e. The summed E-state index contributed by atoms with van der Waals surface area (Å²) < 4.78 is 1.94. The van der Waals surface area contributed by atoms with Gasteiger partial charge in [-0.15, -0.1) is 23.1 Å². The molecule has 0 unspecified atom stereocenters. The SMILES string of the molecule is CSc1nc(SCCO)c2sc(C3=C(C(=O)O)N4C(=O)[C@H]([C@@H](C)O)[C@H]4[C@H]3C)cn12. The van der Waals surface area contributed by atoms with E-state index >= 15 is 0 Å². The van der Waals surface area contributed by atoms with Gasteiger partial charge >= 0.3 is 5.97 Å². The van der Waals surface area contributed by atoms with Crippen molar-refractivity contribution in [2.24, 2.45) is 11.8 Å². The van der Waals surface area contributed by atoms with Crippen LogP contribution in [0.3, 0.4) is 0 Å². The topological polar surface area (TPSA) is 115 Å². The summed E-state index contributed by atoms with van der Waals surface area (Å²) in [5.74, 6) is -1.74. The van der Waals surface area contributed by atoms with Crippen molar-refractivity contribution in [1.29, 1.82) is 0 Å². The molecule has 8 nitrogen and oxygen atoms in total. The first kappa shape index (κ1) is 20.7. The number of amides is 1. The Labute approximate surface area is 179 Å². The van der Waals surface area contributed by atoms with Gasteiger partial charge in [0, 0.05) is 23.4 Å². The molecule has 0 radical (unpaired) electrons. The van der Waals surface area contributed by atoms with Crippen molar-refractivity contribution in [1.82, 2.24) is 14.3 Å². The van der Waals surface area contributed by atoms with Gasteiger partial charge in [-0.2, -0.15) is 0 Å². The van der Waals surface area contributed by atoms with E-state index in [-0.39, 0.29) is 30.2 Å². The summed E-state index contributed by atoms with van der Waals surface area (Å²) >= 11 is 4.38. The summed E-state index contributed by atoms with van der Waals surface area (Å²) in [7, 11) is 0. The van der Waals surface area contributed by atoms with E-state index in [1.807, 2.05) is 23.8 Å². The molecule has 2 aliphatic rings. The molecule has 1 saturated heterocycles. The van der Waals surface area contributed by atoms with Crippen LogP contribution in [0.1, 0.15) is 18.7 Å². The number of hydrogen-bond acceptors (Lipinski definition) is 8. The second-order valence-electron chi connectivity index (χ2n) is 7.07. The maximum atomic E-state index is 12.5. The van der Waals surface area contributed by atoms with Crippen LogP contribution >= 0.6 is 34.9 Å². The van der Waals surface area contributed by atoms with E-state index in [0.717, 1.165) is 19.9 Å². The molecule has 3 N–H and O–H groups in total. The molecule has 2 aromatic rings. The number of carboxylic acids is 1. The number of nitrogens with zero attached hydrogens (tertiary/aromatic N) is 3. The highest BCUT2D eigenvalue weighted by molar-refractivity contribution is 8.00. The van der Waals surface area contributed by atoms with Gasteiger partial charge in [-0.3, -0.25) is 9.20 Å². The Bertz CT molecular complexity index is 1030. The average molecular weight is 456 g/mol. The van der Waals surface area contributed by atoms with Crippen molar-refractivity contribution >= 4 is 57.1 Å². The van der Waals surface area contributed by atoms with Gasteiger partial charge in [-0.1, -0.05) is 18.7 Å². The van der Waals surface area contributed by atoms with Crippen LogP contribution in [-0.4, -0.2) is 72.2 Å². The molecule has 156 valence electrons. The third-order valence-electron chi connectivity index (χ3n) is 5.41. The summed E-state index contributed by atoms with van der Waals surface area (Å²) in [4.78, 5) is 32.2. The van der Waals surface area contributed by atoms with Gasteiger partial charge in [0.15, 0.2) is 5.16 Å². The van der Waals surface area contributed by atoms with Crippen molar-refractivity contribution in [3.8, 4) is 0 Å². The predicted molar refractivity (Wildman–Crippen MR) is 112 cm³/mol. The summed E-state index contributed by atoms with van der Waals surface area (Å²) in [5.41, 5.74) is 0.634. The molecule has 4 heterocycles. The maximum Gasteiger partial charge on any atom is 0.352 e. The summed E-state index contributed by atoms with van der Waals surface area (Å²) in [5, 5.41) is 30.6. The number of β-lactam (4-membered cyclic amide) rings is 1. The number of fused-ring (bicyclic) bond motifs is 2. The number of carbonyl (C=O) groups is 2. The zero-order valence-corrected chi connectivity index (χ0v) is 18.5. The van der Waals surface area contributed by atoms with Crippen LogP contribution in [0.2, 0.25) is 0 Å². The zero-order chi connectivity index (χ0) is 21.0. The van der Waals surface area contributed by atoms with E-state index in [2.05, 4.69) is 4.98 Å². The van der Waals surface area contributed by atoms with E-state index in [9.17, 15) is 19.8 Å². The molecule has 4 atom stereocenters. The van der Waals surface area contributed by atoms with Crippen molar-refractivity contribution in [3.63, 3.8) is 0 Å². The highest BCUT2D eigenvalue weighted by Crippen LogP contribution is 2.52. The van der Waals surface area contributed by atoms with E-state index in [1.54, 1.807) is 6.92 Å². The summed E-state index contributed by atoms with van der Waals surface area (Å²) in [6.07, 6.45) is 2.97. The number of thioether (sulfide) groups is 2. The third-order valence-corrected chi connectivity index (χ3v) is 8.27. The third kappa shape index (κ3) is 3.02. The quantitative estimate of drug-likeness (QED) is 0.428. The van der Waals surface area contributed by atoms with Gasteiger partial charge in [0.2, 0.25) is 5.91 Å². The number of carbonyl (C=O) groups excluding carboxylic acids is 1. The Balaban J connectivity index is 1.83. The second-order valence-corrected chi connectivity index (χ2v) is 9.96. The smallest absolute Gasteiger partial charge is 0.352 e. The fourth-order valence-corrected chi connectivity index (χ4v) is 6.96. The lowest BCUT2D eigenvalue weighted by molar-refractivity contribution is -0.163. The van der Waals surface area contributed by atoms with Crippen LogP contribution in [-0.2, 0) is 9.59 Å². The predicted octanol–water partition coefficient (Wildman–Crippen LogP) is 1.86. The molecular formula is C18H21N3O5S3. The maximum absolute atomic E-state index is 12.5. The van der Waals surface area contributed by atoms with E-state index < -0.39 is 18.0 Å². The highest BCUT2D eigenvalue weighted by atomic mass is 32.2. The standard InChI is InChI=1S/C18H21N3O5S3/c1-7-10(13(17(25)26)21-12(7)11(8(2)23)15(21)24)9-6-20-16(29-9)14(28-5-4-22)19-18(20)27-3/h6-8,11-12,22-23H,4-5H2,1-3H3,(H,25,26)/t7-,8+,11+,12+/m0/s1. The first-order chi connectivity index (χ1) is 13.8. The van der Waals surface area contributed by atoms with Gasteiger partial charge in [0.1, 0.15) is 15.6 Å². The molecule has 2 aromatic heterocycles. The fourth-order valence-electron chi connectivity index (χ4n) is 4.23. The lowest BCUT2D eigenvalue weighted by Crippen LogP contribution is -2.63. The molecule has 2 aliphatic heterocycles. The number of aliphatic hydroxyl groups is 2. The molecule has 29 heavy (non-hydrogen) atoms. The van der Waals surface area contributed by atoms with E-state index in [0.29, 0.717) is 11.3 Å². The number of carboxylic acid groups (broad SMARTS) is 1. The molecule has 1 amide bonds. The Morgan fingerprint density at radius 3 is 2.76 bits per heavy atom. The van der Waals surface area contributed by atoms with Gasteiger partial charge in [0.05, 0.1) is 29.5 Å². The number of aliphatic carboxylic acids is 1. The number of aliphatic hydroxyl groups excluding tert-OH is 2. The van der Waals surface area contributed by atoms with Crippen LogP contribution in [0, 0.1) is 11.8 Å². The minimum absolute atomic E-state index is 0.0112. The zero-order valence-electron chi connectivity index (χ0n) is 16.0. The highest BCUT2D eigenvalue weighted by Gasteiger charge is 2.60. The Kier molecular flexibility index (Phi) is 5.45. The molecule has 0 aliphatic carbocycles. The minimum atomic E-state index is -1.14. The van der Waals surface area contributed by atoms with Crippen LogP contribution in [0.15, 0.2) is 22.1 Å². The number of aromatic nitrogens is 2. The van der Waals surface area contributed by atoms with Gasteiger partial charge in [0.25, 0.3) is 0 Å². The first-order valence-electron chi connectivity index (χ1n) is 9.10. The van der Waals surface area contributed by atoms with Crippen LogP contribution in [0.4, 0.5) is 0 Å². The number of imidazole rings is 1. The largest absolute Gasteiger partial charge is 0.477 e. The van der Waals surface area contributed by atoms with Crippen LogP contribution in [0.25, 0.3) is 10.4 Å². The van der Waals surface area contributed by atoms with Crippen molar-refractivity contribution in [3.05, 3.63) is 16.8 Å². The number of hydrogen-bond donors (Lipinski definition) is 3. The lowest BCUT2D eigenvalue weighted by Gasteiger charge is -2.46. The second kappa shape index (κ2) is 7.62. The normalized spacial score (nSPS) is 24.9. The monoisotopic (exact) mass is 455 g/mol. The van der Waals surface area contributed by atoms with Crippen molar-refractivity contribution in [2.45, 2.75) is 36.2 Å².